The highest BCUT2D eigenvalue weighted by Crippen LogP contribution is 2.57. The predicted octanol–water partition coefficient (Wildman–Crippen LogP) is 4.19. The highest BCUT2D eigenvalue weighted by atomic mass is 19.1. The van der Waals surface area contributed by atoms with E-state index in [0.717, 1.165) is 44.2 Å². The van der Waals surface area contributed by atoms with Gasteiger partial charge in [-0.05, 0) is 67.7 Å². The van der Waals surface area contributed by atoms with Crippen molar-refractivity contribution in [3.63, 3.8) is 0 Å². The summed E-state index contributed by atoms with van der Waals surface area (Å²) in [5.41, 5.74) is 7.84. The molecule has 1 aromatic carbocycles. The highest BCUT2D eigenvalue weighted by Gasteiger charge is 2.52. The molecule has 1 heterocycles. The van der Waals surface area contributed by atoms with Crippen molar-refractivity contribution >= 4 is 5.91 Å². The van der Waals surface area contributed by atoms with E-state index < -0.39 is 0 Å². The van der Waals surface area contributed by atoms with E-state index in [0.29, 0.717) is 30.1 Å². The van der Waals surface area contributed by atoms with Crippen molar-refractivity contribution in [3.8, 4) is 11.6 Å². The summed E-state index contributed by atoms with van der Waals surface area (Å²) < 4.78 is 23.5. The fourth-order valence-electron chi connectivity index (χ4n) is 5.20. The number of carbonyl (C=O) groups is 1. The zero-order valence-corrected chi connectivity index (χ0v) is 19.1. The number of fused-ring (bicyclic) bond motifs is 3. The van der Waals surface area contributed by atoms with Crippen LogP contribution in [0.25, 0.3) is 0 Å². The second-order valence-corrected chi connectivity index (χ2v) is 9.20. The number of nitrogens with one attached hydrogen (secondary N) is 1. The lowest BCUT2D eigenvalue weighted by Crippen LogP contribution is -2.51. The second kappa shape index (κ2) is 9.91. The van der Waals surface area contributed by atoms with Crippen LogP contribution in [0, 0.1) is 5.41 Å². The van der Waals surface area contributed by atoms with Crippen molar-refractivity contribution in [3.05, 3.63) is 65.6 Å². The van der Waals surface area contributed by atoms with Gasteiger partial charge in [-0.15, -0.1) is 0 Å². The molecule has 2 bridgehead atoms. The Labute approximate surface area is 194 Å². The van der Waals surface area contributed by atoms with Crippen molar-refractivity contribution in [1.29, 1.82) is 0 Å². The van der Waals surface area contributed by atoms with Crippen LogP contribution in [0.3, 0.4) is 0 Å². The Morgan fingerprint density at radius 3 is 2.42 bits per heavy atom. The number of pyridine rings is 1. The molecule has 3 N–H and O–H groups in total. The molecular formula is C26H32FN3O3. The lowest BCUT2D eigenvalue weighted by Gasteiger charge is -2.52. The van der Waals surface area contributed by atoms with Gasteiger partial charge in [0.2, 0.25) is 11.8 Å². The van der Waals surface area contributed by atoms with E-state index >= 15 is 0 Å². The summed E-state index contributed by atoms with van der Waals surface area (Å²) in [6, 6.07) is 13.7. The first-order chi connectivity index (χ1) is 16.0. The number of nitrogens with two attached hydrogens (primary N) is 1. The van der Waals surface area contributed by atoms with Crippen molar-refractivity contribution in [2.24, 2.45) is 11.1 Å². The molecule has 176 valence electrons. The van der Waals surface area contributed by atoms with Gasteiger partial charge in [0.1, 0.15) is 12.4 Å². The molecule has 7 heteroatoms. The molecule has 1 aromatic heterocycles. The zero-order valence-electron chi connectivity index (χ0n) is 19.1. The van der Waals surface area contributed by atoms with Gasteiger partial charge in [0.15, 0.2) is 0 Å². The Kier molecular flexibility index (Phi) is 6.98. The highest BCUT2D eigenvalue weighted by molar-refractivity contribution is 5.83. The summed E-state index contributed by atoms with van der Waals surface area (Å²) >= 11 is 0. The van der Waals surface area contributed by atoms with E-state index in [2.05, 4.69) is 22.4 Å². The van der Waals surface area contributed by atoms with E-state index in [-0.39, 0.29) is 29.9 Å². The molecule has 5 rings (SSSR count). The van der Waals surface area contributed by atoms with Crippen LogP contribution in [0.5, 0.6) is 11.6 Å². The zero-order chi connectivity index (χ0) is 23.3. The normalized spacial score (nSPS) is 24.4. The minimum absolute atomic E-state index is 0.121. The summed E-state index contributed by atoms with van der Waals surface area (Å²) in [5.74, 6) is 1.39. The Hall–Kier alpha value is -2.93. The smallest absolute Gasteiger partial charge is 0.226 e. The average Bonchev–Trinajstić information content (AvgIpc) is 2.89. The number of aromatic nitrogens is 1. The van der Waals surface area contributed by atoms with Crippen LogP contribution >= 0.6 is 0 Å². The minimum Gasteiger partial charge on any atom is -0.489 e. The third-order valence-corrected chi connectivity index (χ3v) is 7.46. The third-order valence-electron chi connectivity index (χ3n) is 7.46. The van der Waals surface area contributed by atoms with Gasteiger partial charge in [0.05, 0.1) is 25.7 Å². The summed E-state index contributed by atoms with van der Waals surface area (Å²) in [4.78, 5) is 17.5. The number of carbonyl (C=O) groups excluding carboxylic acids is 1. The summed E-state index contributed by atoms with van der Waals surface area (Å²) in [5, 5.41) is 3.12. The second-order valence-electron chi connectivity index (χ2n) is 9.20. The lowest BCUT2D eigenvalue weighted by atomic mass is 9.51. The Bertz CT molecular complexity index is 982. The van der Waals surface area contributed by atoms with E-state index in [9.17, 15) is 9.18 Å². The van der Waals surface area contributed by atoms with Gasteiger partial charge < -0.3 is 20.5 Å². The van der Waals surface area contributed by atoms with Crippen LogP contribution in [0.1, 0.15) is 49.8 Å². The quantitative estimate of drug-likeness (QED) is 0.595. The maximum absolute atomic E-state index is 13.1. The topological polar surface area (TPSA) is 86.5 Å². The number of halogens is 1. The Balaban J connectivity index is 1.34. The molecule has 3 saturated carbocycles. The van der Waals surface area contributed by atoms with Gasteiger partial charge >= 0.3 is 0 Å². The molecule has 1 amide bonds. The lowest BCUT2D eigenvalue weighted by molar-refractivity contribution is -0.138. The fourth-order valence-corrected chi connectivity index (χ4v) is 5.20. The van der Waals surface area contributed by atoms with Crippen LogP contribution in [-0.4, -0.2) is 31.2 Å². The Morgan fingerprint density at radius 2 is 1.82 bits per heavy atom. The molecule has 3 fully saturated rings. The molecule has 2 aromatic rings. The largest absolute Gasteiger partial charge is 0.489 e. The average molecular weight is 454 g/mol. The maximum Gasteiger partial charge on any atom is 0.226 e. The number of ether oxygens (including phenoxy) is 2. The number of benzene rings is 1. The van der Waals surface area contributed by atoms with E-state index in [1.165, 1.54) is 5.56 Å². The van der Waals surface area contributed by atoms with Crippen molar-refractivity contribution in [2.75, 3.05) is 20.3 Å². The van der Waals surface area contributed by atoms with Gasteiger partial charge in [0, 0.05) is 23.6 Å². The first kappa shape index (κ1) is 23.2. The molecular weight excluding hydrogens is 421 g/mol. The Morgan fingerprint density at radius 1 is 1.12 bits per heavy atom. The monoisotopic (exact) mass is 453 g/mol. The summed E-state index contributed by atoms with van der Waals surface area (Å²) in [6.07, 6.45) is 6.18. The van der Waals surface area contributed by atoms with Gasteiger partial charge in [0.25, 0.3) is 0 Å². The summed E-state index contributed by atoms with van der Waals surface area (Å²) in [6.45, 7) is 0.706. The third kappa shape index (κ3) is 4.88. The maximum atomic E-state index is 13.1. The molecule has 33 heavy (non-hydrogen) atoms. The van der Waals surface area contributed by atoms with Gasteiger partial charge in [-0.25, -0.2) is 9.37 Å². The SMILES string of the molecule is COc1cccc(CNC(=O)C23CCC(c4ccc(OC/C(=C/F)CN)cc4)(CC2)CC3)n1. The van der Waals surface area contributed by atoms with Crippen LogP contribution < -0.4 is 20.5 Å². The molecule has 0 radical (unpaired) electrons. The van der Waals surface area contributed by atoms with Crippen LogP contribution in [0.15, 0.2) is 54.4 Å². The van der Waals surface area contributed by atoms with E-state index in [1.54, 1.807) is 13.2 Å². The van der Waals surface area contributed by atoms with Crippen LogP contribution in [0.4, 0.5) is 4.39 Å². The van der Waals surface area contributed by atoms with Crippen molar-refractivity contribution < 1.29 is 18.7 Å². The summed E-state index contributed by atoms with van der Waals surface area (Å²) in [7, 11) is 1.59. The predicted molar refractivity (Wildman–Crippen MR) is 125 cm³/mol. The molecule has 3 aliphatic carbocycles. The van der Waals surface area contributed by atoms with Crippen LogP contribution in [-0.2, 0) is 16.8 Å². The molecule has 3 aliphatic rings. The van der Waals surface area contributed by atoms with Gasteiger partial charge in [-0.3, -0.25) is 4.79 Å². The number of hydrogen-bond donors (Lipinski definition) is 2. The van der Waals surface area contributed by atoms with Crippen molar-refractivity contribution in [1.82, 2.24) is 10.3 Å². The molecule has 6 nitrogen and oxygen atoms in total. The molecule has 0 aliphatic heterocycles. The number of rotatable bonds is 9. The first-order valence-electron chi connectivity index (χ1n) is 11.5. The standard InChI is InChI=1S/C26H32FN3O3/c1-32-23-4-2-3-21(30-23)17-29-24(31)26-12-9-25(10-13-26,11-14-26)20-5-7-22(8-6-20)33-18-19(15-27)16-28/h2-8,15H,9-14,16-18,28H2,1H3,(H,29,31)/b19-15+. The number of methoxy groups -OCH3 is 1. The van der Waals surface area contributed by atoms with Crippen molar-refractivity contribution in [2.45, 2.75) is 50.5 Å². The van der Waals surface area contributed by atoms with E-state index in [4.69, 9.17) is 15.2 Å². The van der Waals surface area contributed by atoms with Gasteiger partial charge in [-0.1, -0.05) is 18.2 Å². The first-order valence-corrected chi connectivity index (χ1v) is 11.5. The van der Waals surface area contributed by atoms with Gasteiger partial charge in [-0.2, -0.15) is 0 Å². The number of amides is 1. The van der Waals surface area contributed by atoms with E-state index in [1.807, 2.05) is 24.3 Å². The number of hydrogen-bond acceptors (Lipinski definition) is 5. The molecule has 0 spiro atoms. The fraction of sp³-hybridized carbons (Fsp3) is 0.462. The minimum atomic E-state index is -0.277. The molecule has 0 atom stereocenters. The molecule has 0 saturated heterocycles. The number of nitrogens with zero attached hydrogens (tertiary/aromatic N) is 1. The molecule has 0 unspecified atom stereocenters. The van der Waals surface area contributed by atoms with Crippen LogP contribution in [0.2, 0.25) is 0 Å².